The van der Waals surface area contributed by atoms with Crippen molar-refractivity contribution >= 4 is 15.9 Å². The van der Waals surface area contributed by atoms with Crippen molar-refractivity contribution in [1.82, 2.24) is 5.16 Å². The molecule has 0 aliphatic heterocycles. The van der Waals surface area contributed by atoms with Gasteiger partial charge in [-0.15, -0.1) is 0 Å². The maximum Gasteiger partial charge on any atom is 0.174 e. The van der Waals surface area contributed by atoms with Crippen LogP contribution in [0, 0.1) is 0 Å². The summed E-state index contributed by atoms with van der Waals surface area (Å²) in [6.07, 6.45) is 1.74. The second kappa shape index (κ2) is 5.51. The Morgan fingerprint density at radius 1 is 1.05 bits per heavy atom. The zero-order valence-corrected chi connectivity index (χ0v) is 12.4. The Labute approximate surface area is 125 Å². The van der Waals surface area contributed by atoms with Crippen molar-refractivity contribution < 1.29 is 9.26 Å². The molecule has 1 aromatic heterocycles. The molecule has 0 amide bonds. The lowest BCUT2D eigenvalue weighted by atomic mass is 10.0. The molecule has 0 unspecified atom stereocenters. The van der Waals surface area contributed by atoms with Crippen LogP contribution in [0.5, 0.6) is 5.75 Å². The van der Waals surface area contributed by atoms with E-state index in [2.05, 4.69) is 21.1 Å². The molecule has 0 atom stereocenters. The second-order valence-corrected chi connectivity index (χ2v) is 5.22. The van der Waals surface area contributed by atoms with Crippen LogP contribution in [0.1, 0.15) is 0 Å². The quantitative estimate of drug-likeness (QED) is 0.693. The van der Waals surface area contributed by atoms with Crippen LogP contribution in [-0.4, -0.2) is 12.3 Å². The van der Waals surface area contributed by atoms with Crippen LogP contribution in [0.3, 0.4) is 0 Å². The lowest BCUT2D eigenvalue weighted by Crippen LogP contribution is -1.83. The summed E-state index contributed by atoms with van der Waals surface area (Å²) in [5, 5.41) is 3.93. The van der Waals surface area contributed by atoms with Crippen LogP contribution in [0.25, 0.3) is 22.5 Å². The molecule has 0 radical (unpaired) electrons. The molecule has 0 saturated carbocycles. The van der Waals surface area contributed by atoms with Crippen LogP contribution in [-0.2, 0) is 0 Å². The summed E-state index contributed by atoms with van der Waals surface area (Å²) in [6, 6.07) is 15.8. The fourth-order valence-corrected chi connectivity index (χ4v) is 2.45. The topological polar surface area (TPSA) is 35.3 Å². The molecule has 4 heteroatoms. The predicted octanol–water partition coefficient (Wildman–Crippen LogP) is 4.78. The van der Waals surface area contributed by atoms with Gasteiger partial charge in [-0.25, -0.2) is 0 Å². The molecule has 0 saturated heterocycles. The van der Waals surface area contributed by atoms with E-state index in [1.54, 1.807) is 13.3 Å². The molecule has 3 aromatic rings. The van der Waals surface area contributed by atoms with E-state index in [9.17, 15) is 0 Å². The van der Waals surface area contributed by atoms with Crippen LogP contribution in [0.4, 0.5) is 0 Å². The Morgan fingerprint density at radius 2 is 1.85 bits per heavy atom. The highest BCUT2D eigenvalue weighted by molar-refractivity contribution is 9.10. The fourth-order valence-electron chi connectivity index (χ4n) is 2.05. The van der Waals surface area contributed by atoms with Gasteiger partial charge in [-0.2, -0.15) is 0 Å². The lowest BCUT2D eigenvalue weighted by molar-refractivity contribution is 0.414. The third-order valence-electron chi connectivity index (χ3n) is 3.06. The first-order chi connectivity index (χ1) is 9.78. The van der Waals surface area contributed by atoms with Crippen molar-refractivity contribution in [2.24, 2.45) is 0 Å². The largest absolute Gasteiger partial charge is 0.497 e. The van der Waals surface area contributed by atoms with Crippen molar-refractivity contribution in [3.8, 4) is 28.2 Å². The van der Waals surface area contributed by atoms with Gasteiger partial charge in [0, 0.05) is 15.6 Å². The third-order valence-corrected chi connectivity index (χ3v) is 3.55. The minimum atomic E-state index is 0.755. The standard InChI is InChI=1S/C16H12BrNO2/c1-19-14-7-5-11(6-8-14)16-15(10-18-20-16)12-3-2-4-13(17)9-12/h2-10H,1H3. The molecular weight excluding hydrogens is 318 g/mol. The molecule has 1 heterocycles. The first kappa shape index (κ1) is 12.9. The molecule has 100 valence electrons. The van der Waals surface area contributed by atoms with Gasteiger partial charge in [0.15, 0.2) is 5.76 Å². The molecule has 0 aliphatic carbocycles. The number of ether oxygens (including phenoxy) is 1. The molecule has 2 aromatic carbocycles. The highest BCUT2D eigenvalue weighted by atomic mass is 79.9. The molecule has 0 spiro atoms. The maximum absolute atomic E-state index is 5.41. The van der Waals surface area contributed by atoms with Gasteiger partial charge in [-0.1, -0.05) is 33.2 Å². The number of aromatic nitrogens is 1. The number of rotatable bonds is 3. The van der Waals surface area contributed by atoms with Crippen molar-refractivity contribution in [2.75, 3.05) is 7.11 Å². The summed E-state index contributed by atoms with van der Waals surface area (Å²) < 4.78 is 11.6. The second-order valence-electron chi connectivity index (χ2n) is 4.31. The number of benzene rings is 2. The predicted molar refractivity (Wildman–Crippen MR) is 81.6 cm³/mol. The van der Waals surface area contributed by atoms with Gasteiger partial charge in [0.2, 0.25) is 0 Å². The maximum atomic E-state index is 5.41. The zero-order chi connectivity index (χ0) is 13.9. The number of nitrogens with zero attached hydrogens (tertiary/aromatic N) is 1. The van der Waals surface area contributed by atoms with E-state index in [-0.39, 0.29) is 0 Å². The van der Waals surface area contributed by atoms with E-state index < -0.39 is 0 Å². The van der Waals surface area contributed by atoms with Gasteiger partial charge in [0.05, 0.1) is 13.3 Å². The molecule has 0 N–H and O–H groups in total. The van der Waals surface area contributed by atoms with E-state index in [0.29, 0.717) is 0 Å². The van der Waals surface area contributed by atoms with Crippen molar-refractivity contribution in [1.29, 1.82) is 0 Å². The van der Waals surface area contributed by atoms with E-state index in [0.717, 1.165) is 32.7 Å². The number of hydrogen-bond donors (Lipinski definition) is 0. The van der Waals surface area contributed by atoms with Crippen LogP contribution in [0.2, 0.25) is 0 Å². The molecule has 20 heavy (non-hydrogen) atoms. The lowest BCUT2D eigenvalue weighted by Gasteiger charge is -2.04. The first-order valence-electron chi connectivity index (χ1n) is 6.13. The molecule has 0 aliphatic rings. The van der Waals surface area contributed by atoms with Gasteiger partial charge in [-0.3, -0.25) is 0 Å². The Hall–Kier alpha value is -2.07. The highest BCUT2D eigenvalue weighted by Gasteiger charge is 2.12. The summed E-state index contributed by atoms with van der Waals surface area (Å²) in [5.41, 5.74) is 3.00. The van der Waals surface area contributed by atoms with Gasteiger partial charge in [-0.05, 0) is 42.0 Å². The van der Waals surface area contributed by atoms with Gasteiger partial charge >= 0.3 is 0 Å². The SMILES string of the molecule is COc1ccc(-c2oncc2-c2cccc(Br)c2)cc1. The molecule has 3 rings (SSSR count). The number of methoxy groups -OCH3 is 1. The summed E-state index contributed by atoms with van der Waals surface area (Å²) >= 11 is 3.48. The van der Waals surface area contributed by atoms with Crippen LogP contribution < -0.4 is 4.74 Å². The van der Waals surface area contributed by atoms with Crippen molar-refractivity contribution in [3.05, 3.63) is 59.2 Å². The third kappa shape index (κ3) is 2.47. The smallest absolute Gasteiger partial charge is 0.174 e. The van der Waals surface area contributed by atoms with Crippen LogP contribution >= 0.6 is 15.9 Å². The summed E-state index contributed by atoms with van der Waals surface area (Å²) in [4.78, 5) is 0. The van der Waals surface area contributed by atoms with Gasteiger partial charge in [0.25, 0.3) is 0 Å². The number of halogens is 1. The van der Waals surface area contributed by atoms with Crippen molar-refractivity contribution in [2.45, 2.75) is 0 Å². The fraction of sp³-hybridized carbons (Fsp3) is 0.0625. The summed E-state index contributed by atoms with van der Waals surface area (Å²) in [7, 11) is 1.65. The monoisotopic (exact) mass is 329 g/mol. The Bertz CT molecular complexity index is 719. The van der Waals surface area contributed by atoms with Crippen molar-refractivity contribution in [3.63, 3.8) is 0 Å². The molecule has 0 bridgehead atoms. The first-order valence-corrected chi connectivity index (χ1v) is 6.92. The van der Waals surface area contributed by atoms with E-state index >= 15 is 0 Å². The van der Waals surface area contributed by atoms with E-state index in [1.165, 1.54) is 0 Å². The average molecular weight is 330 g/mol. The van der Waals surface area contributed by atoms with Crippen LogP contribution in [0.15, 0.2) is 63.7 Å². The Balaban J connectivity index is 2.05. The summed E-state index contributed by atoms with van der Waals surface area (Å²) in [6.45, 7) is 0. The minimum absolute atomic E-state index is 0.755. The normalized spacial score (nSPS) is 10.5. The van der Waals surface area contributed by atoms with Gasteiger partial charge in [0.1, 0.15) is 5.75 Å². The average Bonchev–Trinajstić information content (AvgIpc) is 2.97. The Morgan fingerprint density at radius 3 is 2.55 bits per heavy atom. The molecular formula is C16H12BrNO2. The zero-order valence-electron chi connectivity index (χ0n) is 10.8. The van der Waals surface area contributed by atoms with E-state index in [1.807, 2.05) is 48.5 Å². The Kier molecular flexibility index (Phi) is 3.56. The highest BCUT2D eigenvalue weighted by Crippen LogP contribution is 2.33. The summed E-state index contributed by atoms with van der Waals surface area (Å²) in [5.74, 6) is 1.57. The number of hydrogen-bond acceptors (Lipinski definition) is 3. The molecule has 0 fully saturated rings. The molecule has 3 nitrogen and oxygen atoms in total. The van der Waals surface area contributed by atoms with E-state index in [4.69, 9.17) is 9.26 Å². The minimum Gasteiger partial charge on any atom is -0.497 e. The van der Waals surface area contributed by atoms with Gasteiger partial charge < -0.3 is 9.26 Å².